The van der Waals surface area contributed by atoms with Crippen LogP contribution in [0.4, 0.5) is 34.1 Å². The first-order valence-electron chi connectivity index (χ1n) is 13.9. The van der Waals surface area contributed by atoms with Crippen LogP contribution in [0.3, 0.4) is 0 Å². The quantitative estimate of drug-likeness (QED) is 0.240. The molecular formula is C34H35N4O3. The minimum Gasteiger partial charge on any atom is -0.344 e. The average molecular weight is 548 g/mol. The second kappa shape index (κ2) is 8.98. The molecule has 0 amide bonds. The standard InChI is InChI=1S/C34H35N4O3/c1-32(2,3)37(40)22-16-18-30-26(20-22)34(27-21-23(38(41)33(4,5)6)17-19-31(27)36(30)39)24-12-8-10-14-28(24)35(7)29-15-11-9-13-25(29)34/h8-21H,1-7H3. The van der Waals surface area contributed by atoms with Crippen LogP contribution in [0, 0.1) is 0 Å². The Balaban J connectivity index is 1.79. The van der Waals surface area contributed by atoms with Crippen LogP contribution >= 0.6 is 0 Å². The van der Waals surface area contributed by atoms with Crippen LogP contribution in [-0.2, 0) is 21.0 Å². The van der Waals surface area contributed by atoms with E-state index in [4.69, 9.17) is 0 Å². The highest BCUT2D eigenvalue weighted by atomic mass is 16.5. The SMILES string of the molecule is CN1c2ccccc2C2(c3ccccc31)c1cc(N([O])C(C)(C)C)ccc1N([O])c1ccc(N([O])C(C)(C)C)cc12. The lowest BCUT2D eigenvalue weighted by Crippen LogP contribution is -2.43. The first-order chi connectivity index (χ1) is 19.3. The molecule has 0 atom stereocenters. The number of fused-ring (bicyclic) bond motifs is 8. The number of rotatable bonds is 2. The summed E-state index contributed by atoms with van der Waals surface area (Å²) in [7, 11) is 2.04. The van der Waals surface area contributed by atoms with Gasteiger partial charge in [0.15, 0.2) is 0 Å². The molecule has 0 unspecified atom stereocenters. The van der Waals surface area contributed by atoms with Crippen molar-refractivity contribution in [1.82, 2.24) is 0 Å². The van der Waals surface area contributed by atoms with E-state index in [9.17, 15) is 15.6 Å². The summed E-state index contributed by atoms with van der Waals surface area (Å²) in [4.78, 5) is 2.16. The van der Waals surface area contributed by atoms with Crippen LogP contribution in [0.15, 0.2) is 84.9 Å². The number of hydroxylamine groups is 2. The Morgan fingerprint density at radius 2 is 0.951 bits per heavy atom. The first-order valence-corrected chi connectivity index (χ1v) is 13.9. The summed E-state index contributed by atoms with van der Waals surface area (Å²) in [6, 6.07) is 27.0. The van der Waals surface area contributed by atoms with Crippen LogP contribution in [0.2, 0.25) is 0 Å². The minimum atomic E-state index is -0.964. The van der Waals surface area contributed by atoms with Gasteiger partial charge >= 0.3 is 0 Å². The third-order valence-corrected chi connectivity index (χ3v) is 8.23. The molecule has 6 rings (SSSR count). The second-order valence-corrected chi connectivity index (χ2v) is 13.0. The van der Waals surface area contributed by atoms with Crippen LogP contribution in [-0.4, -0.2) is 18.1 Å². The van der Waals surface area contributed by atoms with Gasteiger partial charge in [-0.2, -0.15) is 5.06 Å². The molecule has 2 aliphatic heterocycles. The summed E-state index contributed by atoms with van der Waals surface area (Å²) in [6.45, 7) is 11.2. The highest BCUT2D eigenvalue weighted by Crippen LogP contribution is 2.62. The van der Waals surface area contributed by atoms with E-state index in [2.05, 4.69) is 29.2 Å². The first kappa shape index (κ1) is 27.1. The Bertz CT molecular complexity index is 1530. The molecule has 1 spiro atoms. The molecule has 7 heteroatoms. The van der Waals surface area contributed by atoms with Crippen LogP contribution in [0.5, 0.6) is 0 Å². The van der Waals surface area contributed by atoms with Gasteiger partial charge in [0.05, 0.1) is 39.2 Å². The van der Waals surface area contributed by atoms with Crippen molar-refractivity contribution in [1.29, 1.82) is 0 Å². The van der Waals surface area contributed by atoms with Crippen LogP contribution in [0.25, 0.3) is 0 Å². The minimum absolute atomic E-state index is 0.470. The molecule has 0 saturated carbocycles. The van der Waals surface area contributed by atoms with Gasteiger partial charge < -0.3 is 4.90 Å². The molecule has 4 aromatic carbocycles. The van der Waals surface area contributed by atoms with Crippen molar-refractivity contribution < 1.29 is 15.6 Å². The van der Waals surface area contributed by atoms with Gasteiger partial charge in [-0.15, -0.1) is 0 Å². The van der Waals surface area contributed by atoms with Gasteiger partial charge in [-0.1, -0.05) is 52.0 Å². The molecule has 0 aromatic heterocycles. The Kier molecular flexibility index (Phi) is 5.95. The fraction of sp³-hybridized carbons (Fsp3) is 0.294. The van der Waals surface area contributed by atoms with Gasteiger partial charge in [-0.25, -0.2) is 10.1 Å². The third kappa shape index (κ3) is 3.84. The van der Waals surface area contributed by atoms with Crippen molar-refractivity contribution in [2.75, 3.05) is 27.1 Å². The Morgan fingerprint density at radius 3 is 1.34 bits per heavy atom. The molecule has 0 saturated heterocycles. The molecule has 3 radical (unpaired) electrons. The largest absolute Gasteiger partial charge is 0.344 e. The van der Waals surface area contributed by atoms with Gasteiger partial charge in [0.2, 0.25) is 0 Å². The third-order valence-electron chi connectivity index (χ3n) is 8.23. The van der Waals surface area contributed by atoms with Gasteiger partial charge in [-0.3, -0.25) is 0 Å². The molecule has 0 N–H and O–H groups in total. The van der Waals surface area contributed by atoms with Crippen molar-refractivity contribution in [3.63, 3.8) is 0 Å². The van der Waals surface area contributed by atoms with E-state index < -0.39 is 16.5 Å². The van der Waals surface area contributed by atoms with Gasteiger partial charge in [0.1, 0.15) is 0 Å². The normalized spacial score (nSPS) is 15.2. The zero-order chi connectivity index (χ0) is 29.5. The lowest BCUT2D eigenvalue weighted by Gasteiger charge is -2.49. The van der Waals surface area contributed by atoms with E-state index in [-0.39, 0.29) is 0 Å². The molecule has 0 fully saturated rings. The summed E-state index contributed by atoms with van der Waals surface area (Å²) in [5.74, 6) is 0. The van der Waals surface area contributed by atoms with Gasteiger partial charge in [-0.05, 0) is 101 Å². The van der Waals surface area contributed by atoms with E-state index in [1.54, 1.807) is 24.3 Å². The fourth-order valence-electron chi connectivity index (χ4n) is 6.33. The molecule has 0 bridgehead atoms. The van der Waals surface area contributed by atoms with Gasteiger partial charge in [0, 0.05) is 29.5 Å². The summed E-state index contributed by atoms with van der Waals surface area (Å²) in [5, 5.41) is 44.1. The Morgan fingerprint density at radius 1 is 0.561 bits per heavy atom. The highest BCUT2D eigenvalue weighted by Gasteiger charge is 2.52. The second-order valence-electron chi connectivity index (χ2n) is 13.0. The van der Waals surface area contributed by atoms with E-state index >= 15 is 0 Å². The van der Waals surface area contributed by atoms with Crippen molar-refractivity contribution in [3.8, 4) is 0 Å². The maximum absolute atomic E-state index is 14.1. The molecule has 4 aromatic rings. The molecule has 209 valence electrons. The smallest absolute Gasteiger partial charge is 0.0785 e. The van der Waals surface area contributed by atoms with E-state index in [0.717, 1.165) is 37.7 Å². The van der Waals surface area contributed by atoms with E-state index in [0.29, 0.717) is 33.9 Å². The van der Waals surface area contributed by atoms with E-state index in [1.807, 2.05) is 85.0 Å². The maximum atomic E-state index is 14.1. The molecule has 2 heterocycles. The van der Waals surface area contributed by atoms with Crippen molar-refractivity contribution in [3.05, 3.63) is 107 Å². The molecule has 2 aliphatic rings. The zero-order valence-corrected chi connectivity index (χ0v) is 24.6. The number of benzene rings is 4. The monoisotopic (exact) mass is 547 g/mol. The topological polar surface area (TPSA) is 72.7 Å². The predicted molar refractivity (Wildman–Crippen MR) is 161 cm³/mol. The van der Waals surface area contributed by atoms with E-state index in [1.165, 1.54) is 0 Å². The highest BCUT2D eigenvalue weighted by molar-refractivity contribution is 5.91. The zero-order valence-electron chi connectivity index (χ0n) is 24.6. The molecule has 0 aliphatic carbocycles. The van der Waals surface area contributed by atoms with Crippen molar-refractivity contribution in [2.24, 2.45) is 0 Å². The lowest BCUT2D eigenvalue weighted by atomic mass is 9.60. The Labute approximate surface area is 242 Å². The summed E-state index contributed by atoms with van der Waals surface area (Å²) in [5.41, 5.74) is 4.91. The fourth-order valence-corrected chi connectivity index (χ4v) is 6.33. The van der Waals surface area contributed by atoms with Gasteiger partial charge in [0.25, 0.3) is 0 Å². The van der Waals surface area contributed by atoms with Crippen LogP contribution < -0.4 is 20.1 Å². The summed E-state index contributed by atoms with van der Waals surface area (Å²) >= 11 is 0. The maximum Gasteiger partial charge on any atom is 0.0785 e. The number of hydrogen-bond acceptors (Lipinski definition) is 4. The molecule has 7 nitrogen and oxygen atoms in total. The summed E-state index contributed by atoms with van der Waals surface area (Å²) < 4.78 is 0. The number of hydrogen-bond donors (Lipinski definition) is 0. The molecular weight excluding hydrogens is 512 g/mol. The lowest BCUT2D eigenvalue weighted by molar-refractivity contribution is 0.102. The van der Waals surface area contributed by atoms with Crippen molar-refractivity contribution >= 4 is 34.1 Å². The molecule has 41 heavy (non-hydrogen) atoms. The Hall–Kier alpha value is -4.04. The average Bonchev–Trinajstić information content (AvgIpc) is 2.95. The number of nitrogens with zero attached hydrogens (tertiary/aromatic N) is 4. The summed E-state index contributed by atoms with van der Waals surface area (Å²) in [6.07, 6.45) is 0. The number of anilines is 6. The van der Waals surface area contributed by atoms with Crippen LogP contribution in [0.1, 0.15) is 63.8 Å². The number of para-hydroxylation sites is 2. The predicted octanol–water partition coefficient (Wildman–Crippen LogP) is 7.85. The van der Waals surface area contributed by atoms with Crippen molar-refractivity contribution in [2.45, 2.75) is 58.0 Å².